The molecule has 3 N–H and O–H groups in total. The summed E-state index contributed by atoms with van der Waals surface area (Å²) in [5.41, 5.74) is 8.97. The molecule has 0 amide bonds. The largest absolute Gasteiger partial charge is 0.385 e. The van der Waals surface area contributed by atoms with Crippen LogP contribution in [0.1, 0.15) is 23.4 Å². The molecule has 132 valence electrons. The Labute approximate surface area is 153 Å². The number of imidazole rings is 1. The molecule has 0 saturated heterocycles. The molecule has 3 aromatic rings. The number of nitrogen functional groups attached to an aromatic ring is 1. The number of nitrogens with two attached hydrogens (primary N) is 1. The molecule has 1 aromatic carbocycles. The second-order valence-corrected chi connectivity index (χ2v) is 6.35. The number of methoxy groups -OCH3 is 1. The molecule has 0 aliphatic carbocycles. The van der Waals surface area contributed by atoms with Crippen molar-refractivity contribution in [3.63, 3.8) is 0 Å². The number of hydrogen-bond acceptors (Lipinski definition) is 5. The van der Waals surface area contributed by atoms with Crippen molar-refractivity contribution in [1.29, 1.82) is 0 Å². The molecule has 0 aliphatic rings. The van der Waals surface area contributed by atoms with Gasteiger partial charge in [0.15, 0.2) is 11.5 Å². The number of fused-ring (bicyclic) bond motifs is 1. The standard InChI is InChI=1S/C17H20BrN5O2/c1-25-7-3-6-13-20-15(19)14-16(21-13)23(17(24)22-14)10-12-5-2-4-11(8-12)9-18/h2,4-5,8H,3,6-7,9-10H2,1H3,(H,22,24)(H2,19,20,21). The van der Waals surface area contributed by atoms with Crippen LogP contribution < -0.4 is 11.4 Å². The summed E-state index contributed by atoms with van der Waals surface area (Å²) in [4.78, 5) is 24.0. The van der Waals surface area contributed by atoms with Gasteiger partial charge in [0.25, 0.3) is 0 Å². The Hall–Kier alpha value is -2.19. The summed E-state index contributed by atoms with van der Waals surface area (Å²) in [7, 11) is 1.66. The molecule has 0 atom stereocenters. The fraction of sp³-hybridized carbons (Fsp3) is 0.353. The van der Waals surface area contributed by atoms with Crippen LogP contribution in [0.25, 0.3) is 11.2 Å². The van der Waals surface area contributed by atoms with E-state index in [1.54, 1.807) is 11.7 Å². The van der Waals surface area contributed by atoms with E-state index in [4.69, 9.17) is 10.5 Å². The van der Waals surface area contributed by atoms with E-state index in [9.17, 15) is 4.79 Å². The van der Waals surface area contributed by atoms with Crippen molar-refractivity contribution in [3.8, 4) is 0 Å². The average molecular weight is 406 g/mol. The number of benzene rings is 1. The number of anilines is 1. The van der Waals surface area contributed by atoms with Crippen LogP contribution in [0.5, 0.6) is 0 Å². The first-order valence-electron chi connectivity index (χ1n) is 8.00. The SMILES string of the molecule is COCCCc1nc(N)c2[nH]c(=O)n(Cc3cccc(CBr)c3)c2n1. The maximum Gasteiger partial charge on any atom is 0.328 e. The average Bonchev–Trinajstić information content (AvgIpc) is 2.92. The monoisotopic (exact) mass is 405 g/mol. The van der Waals surface area contributed by atoms with Gasteiger partial charge in [-0.2, -0.15) is 0 Å². The van der Waals surface area contributed by atoms with E-state index >= 15 is 0 Å². The van der Waals surface area contributed by atoms with Gasteiger partial charge < -0.3 is 15.5 Å². The Bertz CT molecular complexity index is 934. The first-order chi connectivity index (χ1) is 12.1. The summed E-state index contributed by atoms with van der Waals surface area (Å²) in [6.07, 6.45) is 1.44. The number of hydrogen-bond donors (Lipinski definition) is 2. The van der Waals surface area contributed by atoms with Crippen LogP contribution in [0.15, 0.2) is 29.1 Å². The highest BCUT2D eigenvalue weighted by molar-refractivity contribution is 9.08. The van der Waals surface area contributed by atoms with E-state index in [1.807, 2.05) is 18.2 Å². The highest BCUT2D eigenvalue weighted by atomic mass is 79.9. The minimum atomic E-state index is -0.241. The predicted molar refractivity (Wildman–Crippen MR) is 101 cm³/mol. The van der Waals surface area contributed by atoms with Gasteiger partial charge in [0.05, 0.1) is 6.54 Å². The molecule has 3 rings (SSSR count). The minimum Gasteiger partial charge on any atom is -0.385 e. The van der Waals surface area contributed by atoms with E-state index in [0.717, 1.165) is 22.9 Å². The smallest absolute Gasteiger partial charge is 0.328 e. The zero-order valence-electron chi connectivity index (χ0n) is 14.0. The highest BCUT2D eigenvalue weighted by Gasteiger charge is 2.14. The first-order valence-corrected chi connectivity index (χ1v) is 9.12. The molecule has 0 spiro atoms. The lowest BCUT2D eigenvalue weighted by atomic mass is 10.1. The molecule has 0 aliphatic heterocycles. The van der Waals surface area contributed by atoms with Crippen LogP contribution in [0.4, 0.5) is 5.82 Å². The molecule has 0 fully saturated rings. The molecule has 0 saturated carbocycles. The Morgan fingerprint density at radius 3 is 2.88 bits per heavy atom. The van der Waals surface area contributed by atoms with Crippen molar-refractivity contribution in [2.45, 2.75) is 24.7 Å². The maximum atomic E-state index is 12.4. The highest BCUT2D eigenvalue weighted by Crippen LogP contribution is 2.17. The lowest BCUT2D eigenvalue weighted by Crippen LogP contribution is -2.18. The number of nitrogens with one attached hydrogen (secondary N) is 1. The van der Waals surface area contributed by atoms with Crippen molar-refractivity contribution in [2.24, 2.45) is 0 Å². The molecule has 0 unspecified atom stereocenters. The van der Waals surface area contributed by atoms with Gasteiger partial charge in [-0.3, -0.25) is 4.57 Å². The van der Waals surface area contributed by atoms with Crippen molar-refractivity contribution >= 4 is 32.9 Å². The maximum absolute atomic E-state index is 12.4. The number of halogens is 1. The number of aromatic nitrogens is 4. The third kappa shape index (κ3) is 3.91. The molecule has 7 nitrogen and oxygen atoms in total. The number of nitrogens with zero attached hydrogens (tertiary/aromatic N) is 3. The first kappa shape index (κ1) is 17.6. The number of aryl methyl sites for hydroxylation is 1. The van der Waals surface area contributed by atoms with Crippen LogP contribution in [-0.4, -0.2) is 33.2 Å². The molecule has 0 bridgehead atoms. The molecule has 25 heavy (non-hydrogen) atoms. The summed E-state index contributed by atoms with van der Waals surface area (Å²) in [6, 6.07) is 8.06. The Balaban J connectivity index is 1.98. The molecule has 0 radical (unpaired) electrons. The number of rotatable bonds is 7. The summed E-state index contributed by atoms with van der Waals surface area (Å²) in [6.45, 7) is 1.05. The molecule has 2 heterocycles. The summed E-state index contributed by atoms with van der Waals surface area (Å²) in [5, 5.41) is 0.766. The van der Waals surface area contributed by atoms with Gasteiger partial charge in [-0.1, -0.05) is 40.2 Å². The van der Waals surface area contributed by atoms with Crippen molar-refractivity contribution in [3.05, 3.63) is 51.7 Å². The van der Waals surface area contributed by atoms with Gasteiger partial charge >= 0.3 is 5.69 Å². The molecular formula is C17H20BrN5O2. The quantitative estimate of drug-likeness (QED) is 0.463. The van der Waals surface area contributed by atoms with Crippen LogP contribution in [-0.2, 0) is 23.0 Å². The van der Waals surface area contributed by atoms with E-state index in [0.29, 0.717) is 42.4 Å². The van der Waals surface area contributed by atoms with Crippen LogP contribution in [0.2, 0.25) is 0 Å². The lowest BCUT2D eigenvalue weighted by molar-refractivity contribution is 0.194. The van der Waals surface area contributed by atoms with Gasteiger partial charge in [0.1, 0.15) is 11.3 Å². The third-order valence-electron chi connectivity index (χ3n) is 3.93. The van der Waals surface area contributed by atoms with Crippen LogP contribution >= 0.6 is 15.9 Å². The normalized spacial score (nSPS) is 11.3. The molecule has 2 aromatic heterocycles. The molecule has 8 heteroatoms. The second kappa shape index (κ2) is 7.79. The third-order valence-corrected chi connectivity index (χ3v) is 4.58. The number of aromatic amines is 1. The van der Waals surface area contributed by atoms with Gasteiger partial charge in [0, 0.05) is 25.5 Å². The van der Waals surface area contributed by atoms with Crippen molar-refractivity contribution in [2.75, 3.05) is 19.5 Å². The van der Waals surface area contributed by atoms with Crippen molar-refractivity contribution in [1.82, 2.24) is 19.5 Å². The summed E-state index contributed by atoms with van der Waals surface area (Å²) in [5.74, 6) is 0.909. The van der Waals surface area contributed by atoms with E-state index in [2.05, 4.69) is 36.9 Å². The zero-order valence-corrected chi connectivity index (χ0v) is 15.5. The number of alkyl halides is 1. The van der Waals surface area contributed by atoms with Gasteiger partial charge in [-0.05, 0) is 17.5 Å². The zero-order chi connectivity index (χ0) is 17.8. The van der Waals surface area contributed by atoms with Crippen LogP contribution in [0.3, 0.4) is 0 Å². The van der Waals surface area contributed by atoms with Crippen LogP contribution in [0, 0.1) is 0 Å². The van der Waals surface area contributed by atoms with E-state index in [-0.39, 0.29) is 5.69 Å². The Morgan fingerprint density at radius 2 is 2.12 bits per heavy atom. The van der Waals surface area contributed by atoms with Gasteiger partial charge in [-0.25, -0.2) is 14.8 Å². The fourth-order valence-corrected chi connectivity index (χ4v) is 3.07. The second-order valence-electron chi connectivity index (χ2n) is 5.79. The minimum absolute atomic E-state index is 0.241. The number of H-pyrrole nitrogens is 1. The van der Waals surface area contributed by atoms with Crippen molar-refractivity contribution < 1.29 is 4.74 Å². The Kier molecular flexibility index (Phi) is 5.50. The van der Waals surface area contributed by atoms with E-state index in [1.165, 1.54) is 0 Å². The Morgan fingerprint density at radius 1 is 1.32 bits per heavy atom. The lowest BCUT2D eigenvalue weighted by Gasteiger charge is -2.07. The summed E-state index contributed by atoms with van der Waals surface area (Å²) < 4.78 is 6.66. The molecular weight excluding hydrogens is 386 g/mol. The predicted octanol–water partition coefficient (Wildman–Crippen LogP) is 2.22. The summed E-state index contributed by atoms with van der Waals surface area (Å²) >= 11 is 3.45. The van der Waals surface area contributed by atoms with Gasteiger partial charge in [0.2, 0.25) is 0 Å². The van der Waals surface area contributed by atoms with E-state index < -0.39 is 0 Å². The van der Waals surface area contributed by atoms with Gasteiger partial charge in [-0.15, -0.1) is 0 Å². The number of ether oxygens (including phenoxy) is 1. The fourth-order valence-electron chi connectivity index (χ4n) is 2.73. The topological polar surface area (TPSA) is 98.8 Å².